The Balaban J connectivity index is 1.83. The van der Waals surface area contributed by atoms with E-state index in [1.54, 1.807) is 19.2 Å². The van der Waals surface area contributed by atoms with Gasteiger partial charge in [0, 0.05) is 30.2 Å². The maximum absolute atomic E-state index is 13.5. The van der Waals surface area contributed by atoms with Crippen LogP contribution in [0.15, 0.2) is 22.7 Å². The summed E-state index contributed by atoms with van der Waals surface area (Å²) in [7, 11) is 1.62. The molecule has 4 nitrogen and oxygen atoms in total. The molecule has 1 aliphatic rings. The van der Waals surface area contributed by atoms with Gasteiger partial charge in [0.15, 0.2) is 0 Å². The molecular weight excluding hydrogens is 327 g/mol. The van der Waals surface area contributed by atoms with Crippen molar-refractivity contribution in [2.45, 2.75) is 25.5 Å². The van der Waals surface area contributed by atoms with Crippen LogP contribution in [0.1, 0.15) is 18.4 Å². The second kappa shape index (κ2) is 6.54. The van der Waals surface area contributed by atoms with Gasteiger partial charge >= 0.3 is 6.03 Å². The summed E-state index contributed by atoms with van der Waals surface area (Å²) in [6.07, 6.45) is 1.59. The molecule has 20 heavy (non-hydrogen) atoms. The predicted molar refractivity (Wildman–Crippen MR) is 77.7 cm³/mol. The predicted octanol–water partition coefficient (Wildman–Crippen LogP) is 2.50. The van der Waals surface area contributed by atoms with Gasteiger partial charge < -0.3 is 15.3 Å². The van der Waals surface area contributed by atoms with E-state index in [0.29, 0.717) is 18.0 Å². The highest BCUT2D eigenvalue weighted by atomic mass is 79.9. The second-order valence-corrected chi connectivity index (χ2v) is 6.10. The molecule has 0 bridgehead atoms. The highest BCUT2D eigenvalue weighted by Gasteiger charge is 2.31. The molecule has 1 atom stereocenters. The van der Waals surface area contributed by atoms with E-state index in [1.807, 2.05) is 0 Å². The van der Waals surface area contributed by atoms with Crippen LogP contribution < -0.4 is 5.32 Å². The Morgan fingerprint density at radius 1 is 1.60 bits per heavy atom. The van der Waals surface area contributed by atoms with Crippen molar-refractivity contribution in [3.05, 3.63) is 34.1 Å². The number of urea groups is 1. The Hall–Kier alpha value is -1.14. The highest BCUT2D eigenvalue weighted by molar-refractivity contribution is 9.10. The number of hydrogen-bond acceptors (Lipinski definition) is 2. The monoisotopic (exact) mass is 344 g/mol. The molecule has 2 rings (SSSR count). The van der Waals surface area contributed by atoms with Crippen molar-refractivity contribution in [1.82, 2.24) is 10.2 Å². The quantitative estimate of drug-likeness (QED) is 0.862. The molecule has 0 aliphatic heterocycles. The summed E-state index contributed by atoms with van der Waals surface area (Å²) in [4.78, 5) is 13.3. The lowest BCUT2D eigenvalue weighted by atomic mass is 10.2. The maximum Gasteiger partial charge on any atom is 0.317 e. The highest BCUT2D eigenvalue weighted by Crippen LogP contribution is 2.32. The van der Waals surface area contributed by atoms with Crippen molar-refractivity contribution >= 4 is 22.0 Å². The molecule has 2 N–H and O–H groups in total. The van der Waals surface area contributed by atoms with E-state index in [-0.39, 0.29) is 18.4 Å². The van der Waals surface area contributed by atoms with Gasteiger partial charge in [-0.2, -0.15) is 0 Å². The van der Waals surface area contributed by atoms with Crippen molar-refractivity contribution in [2.24, 2.45) is 5.92 Å². The van der Waals surface area contributed by atoms with E-state index in [0.717, 1.165) is 17.3 Å². The number of nitrogens with one attached hydrogen (secondary N) is 1. The van der Waals surface area contributed by atoms with E-state index in [2.05, 4.69) is 21.2 Å². The Bertz CT molecular complexity index is 494. The lowest BCUT2D eigenvalue weighted by Crippen LogP contribution is -2.41. The fraction of sp³-hybridized carbons (Fsp3) is 0.500. The van der Waals surface area contributed by atoms with Gasteiger partial charge in [-0.15, -0.1) is 0 Å². The van der Waals surface area contributed by atoms with Crippen LogP contribution in [0.3, 0.4) is 0 Å². The fourth-order valence-corrected chi connectivity index (χ4v) is 2.39. The van der Waals surface area contributed by atoms with Crippen LogP contribution in [0.2, 0.25) is 0 Å². The Morgan fingerprint density at radius 3 is 2.95 bits per heavy atom. The van der Waals surface area contributed by atoms with Crippen LogP contribution in [0.25, 0.3) is 0 Å². The minimum Gasteiger partial charge on any atom is -0.391 e. The van der Waals surface area contributed by atoms with Crippen molar-refractivity contribution in [3.63, 3.8) is 0 Å². The average Bonchev–Trinajstić information content (AvgIpc) is 3.23. The molecule has 1 aliphatic carbocycles. The third kappa shape index (κ3) is 4.18. The summed E-state index contributed by atoms with van der Waals surface area (Å²) in [5, 5.41) is 12.4. The first-order chi connectivity index (χ1) is 9.47. The minimum absolute atomic E-state index is 0.119. The standard InChI is InChI=1S/C14H18BrFN2O2/c1-18(8-13(19)9-2-3-9)14(20)17-7-10-6-11(15)4-5-12(10)16/h4-6,9,13,19H,2-3,7-8H2,1H3,(H,17,20). The lowest BCUT2D eigenvalue weighted by Gasteiger charge is -2.21. The van der Waals surface area contributed by atoms with Gasteiger partial charge in [0.25, 0.3) is 0 Å². The number of likely N-dealkylation sites (N-methyl/N-ethyl adjacent to an activating group) is 1. The average molecular weight is 345 g/mol. The molecule has 6 heteroatoms. The fourth-order valence-electron chi connectivity index (χ4n) is 1.98. The van der Waals surface area contributed by atoms with E-state index in [9.17, 15) is 14.3 Å². The summed E-state index contributed by atoms with van der Waals surface area (Å²) < 4.78 is 14.3. The zero-order valence-corrected chi connectivity index (χ0v) is 12.9. The first-order valence-corrected chi connectivity index (χ1v) is 7.37. The largest absolute Gasteiger partial charge is 0.391 e. The first-order valence-electron chi connectivity index (χ1n) is 6.58. The molecule has 0 radical (unpaired) electrons. The Morgan fingerprint density at radius 2 is 2.30 bits per heavy atom. The minimum atomic E-state index is -0.464. The van der Waals surface area contributed by atoms with Crippen molar-refractivity contribution < 1.29 is 14.3 Å². The molecule has 1 aromatic rings. The molecule has 0 aromatic heterocycles. The molecule has 110 valence electrons. The van der Waals surface area contributed by atoms with Gasteiger partial charge in [0.05, 0.1) is 6.10 Å². The zero-order valence-electron chi connectivity index (χ0n) is 11.3. The molecule has 1 aromatic carbocycles. The first kappa shape index (κ1) is 15.3. The van der Waals surface area contributed by atoms with Crippen LogP contribution in [-0.4, -0.2) is 35.7 Å². The normalized spacial score (nSPS) is 15.8. The Labute approximate surface area is 126 Å². The third-order valence-electron chi connectivity index (χ3n) is 3.41. The number of hydrogen-bond donors (Lipinski definition) is 2. The van der Waals surface area contributed by atoms with Crippen molar-refractivity contribution in [3.8, 4) is 0 Å². The van der Waals surface area contributed by atoms with E-state index >= 15 is 0 Å². The van der Waals surface area contributed by atoms with Gasteiger partial charge in [0.2, 0.25) is 0 Å². The van der Waals surface area contributed by atoms with Gasteiger partial charge in [-0.05, 0) is 37.0 Å². The van der Waals surface area contributed by atoms with Crippen molar-refractivity contribution in [1.29, 1.82) is 0 Å². The number of benzene rings is 1. The summed E-state index contributed by atoms with van der Waals surface area (Å²) in [6.45, 7) is 0.422. The molecule has 0 heterocycles. The molecule has 0 spiro atoms. The number of aliphatic hydroxyl groups excluding tert-OH is 1. The number of aliphatic hydroxyl groups is 1. The third-order valence-corrected chi connectivity index (χ3v) is 3.90. The van der Waals surface area contributed by atoms with Crippen LogP contribution in [0, 0.1) is 11.7 Å². The number of carbonyl (C=O) groups excluding carboxylic acids is 1. The molecule has 1 fully saturated rings. The number of halogens is 2. The number of amides is 2. The summed E-state index contributed by atoms with van der Waals surface area (Å²) in [6, 6.07) is 4.28. The molecule has 1 unspecified atom stereocenters. The van der Waals surface area contributed by atoms with Gasteiger partial charge in [0.1, 0.15) is 5.82 Å². The SMILES string of the molecule is CN(CC(O)C1CC1)C(=O)NCc1cc(Br)ccc1F. The summed E-state index contributed by atoms with van der Waals surface area (Å²) in [5.41, 5.74) is 0.420. The smallest absolute Gasteiger partial charge is 0.317 e. The molecular formula is C14H18BrFN2O2. The van der Waals surface area contributed by atoms with Crippen molar-refractivity contribution in [2.75, 3.05) is 13.6 Å². The van der Waals surface area contributed by atoms with Crippen LogP contribution in [-0.2, 0) is 6.54 Å². The van der Waals surface area contributed by atoms with E-state index < -0.39 is 6.10 Å². The maximum atomic E-state index is 13.5. The molecule has 1 saturated carbocycles. The molecule has 2 amide bonds. The second-order valence-electron chi connectivity index (χ2n) is 5.18. The number of nitrogens with zero attached hydrogens (tertiary/aromatic N) is 1. The zero-order chi connectivity index (χ0) is 14.7. The van der Waals surface area contributed by atoms with E-state index in [1.165, 1.54) is 11.0 Å². The van der Waals surface area contributed by atoms with Crippen LogP contribution in [0.5, 0.6) is 0 Å². The van der Waals surface area contributed by atoms with Gasteiger partial charge in [-0.1, -0.05) is 15.9 Å². The van der Waals surface area contributed by atoms with Gasteiger partial charge in [-0.3, -0.25) is 0 Å². The Kier molecular flexibility index (Phi) is 4.99. The number of carbonyl (C=O) groups is 1. The van der Waals surface area contributed by atoms with E-state index in [4.69, 9.17) is 0 Å². The molecule has 0 saturated heterocycles. The topological polar surface area (TPSA) is 52.6 Å². The van der Waals surface area contributed by atoms with Gasteiger partial charge in [-0.25, -0.2) is 9.18 Å². The number of rotatable bonds is 5. The van der Waals surface area contributed by atoms with Crippen LogP contribution >= 0.6 is 15.9 Å². The lowest BCUT2D eigenvalue weighted by molar-refractivity contribution is 0.113. The summed E-state index contributed by atoms with van der Waals surface area (Å²) in [5.74, 6) is -0.0260. The van der Waals surface area contributed by atoms with Crippen LogP contribution in [0.4, 0.5) is 9.18 Å². The summed E-state index contributed by atoms with van der Waals surface area (Å²) >= 11 is 3.27.